The molecule has 3 nitrogen and oxygen atoms in total. The third-order valence-corrected chi connectivity index (χ3v) is 3.74. The second kappa shape index (κ2) is 6.00. The summed E-state index contributed by atoms with van der Waals surface area (Å²) in [6.45, 7) is 2.34. The van der Waals surface area contributed by atoms with Gasteiger partial charge in [-0.3, -0.25) is 4.79 Å². The first kappa shape index (κ1) is 13.7. The van der Waals surface area contributed by atoms with E-state index in [1.54, 1.807) is 0 Å². The van der Waals surface area contributed by atoms with Crippen molar-refractivity contribution in [1.29, 1.82) is 0 Å². The van der Waals surface area contributed by atoms with Gasteiger partial charge in [0.1, 0.15) is 0 Å². The fourth-order valence-electron chi connectivity index (χ4n) is 2.60. The maximum Gasteiger partial charge on any atom is 0.221 e. The highest BCUT2D eigenvalue weighted by molar-refractivity contribution is 5.89. The van der Waals surface area contributed by atoms with Gasteiger partial charge in [-0.2, -0.15) is 0 Å². The van der Waals surface area contributed by atoms with Gasteiger partial charge in [0.05, 0.1) is 0 Å². The van der Waals surface area contributed by atoms with Gasteiger partial charge < -0.3 is 10.6 Å². The molecule has 0 spiro atoms. The minimum Gasteiger partial charge on any atom is -0.381 e. The number of anilines is 2. The van der Waals surface area contributed by atoms with E-state index in [1.165, 1.54) is 30.9 Å². The second-order valence-corrected chi connectivity index (χ2v) is 5.59. The molecule has 3 heteroatoms. The molecule has 0 aromatic heterocycles. The van der Waals surface area contributed by atoms with Crippen LogP contribution in [-0.2, 0) is 11.3 Å². The molecule has 3 rings (SSSR count). The van der Waals surface area contributed by atoms with E-state index in [0.717, 1.165) is 23.8 Å². The minimum absolute atomic E-state index is 0.0498. The molecule has 0 bridgehead atoms. The number of hydrogen-bond donors (Lipinski definition) is 2. The summed E-state index contributed by atoms with van der Waals surface area (Å²) in [5.74, 6) is 0.708. The fraction of sp³-hybridized carbons (Fsp3) is 0.278. The van der Waals surface area contributed by atoms with E-state index in [4.69, 9.17) is 0 Å². The van der Waals surface area contributed by atoms with E-state index in [0.29, 0.717) is 0 Å². The molecule has 2 aromatic rings. The van der Waals surface area contributed by atoms with Gasteiger partial charge in [0, 0.05) is 24.8 Å². The van der Waals surface area contributed by atoms with Crippen LogP contribution < -0.4 is 10.6 Å². The van der Waals surface area contributed by atoms with Gasteiger partial charge in [-0.25, -0.2) is 0 Å². The van der Waals surface area contributed by atoms with Crippen molar-refractivity contribution in [1.82, 2.24) is 0 Å². The molecule has 1 amide bonds. The fourth-order valence-corrected chi connectivity index (χ4v) is 2.60. The molecule has 0 atom stereocenters. The Morgan fingerprint density at radius 2 is 1.86 bits per heavy atom. The molecule has 1 saturated carbocycles. The second-order valence-electron chi connectivity index (χ2n) is 5.59. The van der Waals surface area contributed by atoms with Crippen molar-refractivity contribution in [2.24, 2.45) is 0 Å². The monoisotopic (exact) mass is 280 g/mol. The van der Waals surface area contributed by atoms with Gasteiger partial charge in [-0.1, -0.05) is 30.3 Å². The summed E-state index contributed by atoms with van der Waals surface area (Å²) >= 11 is 0. The van der Waals surface area contributed by atoms with E-state index in [1.807, 2.05) is 24.3 Å². The van der Waals surface area contributed by atoms with Crippen molar-refractivity contribution >= 4 is 17.3 Å². The van der Waals surface area contributed by atoms with Crippen molar-refractivity contribution < 1.29 is 4.79 Å². The smallest absolute Gasteiger partial charge is 0.221 e. The van der Waals surface area contributed by atoms with Gasteiger partial charge in [-0.15, -0.1) is 0 Å². The molecule has 0 radical (unpaired) electrons. The van der Waals surface area contributed by atoms with Crippen LogP contribution in [0.25, 0.3) is 0 Å². The summed E-state index contributed by atoms with van der Waals surface area (Å²) in [4.78, 5) is 11.1. The lowest BCUT2D eigenvalue weighted by Crippen LogP contribution is -2.07. The standard InChI is InChI=1S/C18H20N2O/c1-13(21)20-17-7-4-6-16(11-17)19-12-15-5-2-3-8-18(15)14-9-10-14/h2-8,11,14,19H,9-10,12H2,1H3,(H,20,21). The van der Waals surface area contributed by atoms with E-state index < -0.39 is 0 Å². The Hall–Kier alpha value is -2.29. The van der Waals surface area contributed by atoms with Crippen LogP contribution in [-0.4, -0.2) is 5.91 Å². The van der Waals surface area contributed by atoms with Crippen molar-refractivity contribution in [3.05, 3.63) is 59.7 Å². The van der Waals surface area contributed by atoms with Crippen LogP contribution in [0.4, 0.5) is 11.4 Å². The largest absolute Gasteiger partial charge is 0.381 e. The zero-order valence-corrected chi connectivity index (χ0v) is 12.2. The lowest BCUT2D eigenvalue weighted by Gasteiger charge is -2.12. The average Bonchev–Trinajstić information content (AvgIpc) is 3.30. The Labute approximate surface area is 125 Å². The van der Waals surface area contributed by atoms with Crippen LogP contribution in [0.3, 0.4) is 0 Å². The third kappa shape index (κ3) is 3.63. The van der Waals surface area contributed by atoms with E-state index in [2.05, 4.69) is 34.9 Å². The first-order valence-electron chi connectivity index (χ1n) is 7.42. The summed E-state index contributed by atoms with van der Waals surface area (Å²) in [6, 6.07) is 16.5. The molecule has 0 aliphatic heterocycles. The normalized spacial score (nSPS) is 13.8. The van der Waals surface area contributed by atoms with E-state index in [9.17, 15) is 4.79 Å². The summed E-state index contributed by atoms with van der Waals surface area (Å²) < 4.78 is 0. The molecular formula is C18H20N2O. The Kier molecular flexibility index (Phi) is 3.91. The van der Waals surface area contributed by atoms with Crippen LogP contribution in [0.5, 0.6) is 0 Å². The van der Waals surface area contributed by atoms with Crippen LogP contribution >= 0.6 is 0 Å². The molecule has 1 aliphatic carbocycles. The number of hydrogen-bond acceptors (Lipinski definition) is 2. The highest BCUT2D eigenvalue weighted by Gasteiger charge is 2.25. The first-order chi connectivity index (χ1) is 10.2. The SMILES string of the molecule is CC(=O)Nc1cccc(NCc2ccccc2C2CC2)c1. The predicted octanol–water partition coefficient (Wildman–Crippen LogP) is 4.13. The van der Waals surface area contributed by atoms with Crippen LogP contribution in [0, 0.1) is 0 Å². The molecule has 1 aliphatic rings. The van der Waals surface area contributed by atoms with Crippen LogP contribution in [0.2, 0.25) is 0 Å². The summed E-state index contributed by atoms with van der Waals surface area (Å²) in [5, 5.41) is 6.25. The van der Waals surface area contributed by atoms with E-state index >= 15 is 0 Å². The zero-order chi connectivity index (χ0) is 14.7. The summed E-state index contributed by atoms with van der Waals surface area (Å²) in [5.41, 5.74) is 4.68. The maximum atomic E-state index is 11.1. The van der Waals surface area contributed by atoms with Gasteiger partial charge in [0.2, 0.25) is 5.91 Å². The molecular weight excluding hydrogens is 260 g/mol. The number of rotatable bonds is 5. The Morgan fingerprint density at radius 1 is 1.10 bits per heavy atom. The highest BCUT2D eigenvalue weighted by atomic mass is 16.1. The van der Waals surface area contributed by atoms with Crippen molar-refractivity contribution in [3.8, 4) is 0 Å². The topological polar surface area (TPSA) is 41.1 Å². The molecule has 0 heterocycles. The Balaban J connectivity index is 1.69. The zero-order valence-electron chi connectivity index (χ0n) is 12.2. The number of carbonyl (C=O) groups is 1. The number of carbonyl (C=O) groups excluding carboxylic acids is 1. The lowest BCUT2D eigenvalue weighted by atomic mass is 10.0. The Morgan fingerprint density at radius 3 is 2.62 bits per heavy atom. The van der Waals surface area contributed by atoms with Gasteiger partial charge >= 0.3 is 0 Å². The van der Waals surface area contributed by atoms with Gasteiger partial charge in [-0.05, 0) is 48.1 Å². The number of amides is 1. The van der Waals surface area contributed by atoms with Crippen molar-refractivity contribution in [2.75, 3.05) is 10.6 Å². The van der Waals surface area contributed by atoms with Crippen molar-refractivity contribution in [3.63, 3.8) is 0 Å². The highest BCUT2D eigenvalue weighted by Crippen LogP contribution is 2.41. The lowest BCUT2D eigenvalue weighted by molar-refractivity contribution is -0.114. The summed E-state index contributed by atoms with van der Waals surface area (Å²) in [6.07, 6.45) is 2.63. The maximum absolute atomic E-state index is 11.1. The molecule has 108 valence electrons. The van der Waals surface area contributed by atoms with E-state index in [-0.39, 0.29) is 5.91 Å². The molecule has 2 aromatic carbocycles. The molecule has 0 unspecified atom stereocenters. The predicted molar refractivity (Wildman–Crippen MR) is 86.5 cm³/mol. The first-order valence-corrected chi connectivity index (χ1v) is 7.42. The van der Waals surface area contributed by atoms with Gasteiger partial charge in [0.15, 0.2) is 0 Å². The Bertz CT molecular complexity index is 647. The minimum atomic E-state index is -0.0498. The average molecular weight is 280 g/mol. The third-order valence-electron chi connectivity index (χ3n) is 3.74. The van der Waals surface area contributed by atoms with Crippen LogP contribution in [0.15, 0.2) is 48.5 Å². The molecule has 2 N–H and O–H groups in total. The number of nitrogens with one attached hydrogen (secondary N) is 2. The number of benzene rings is 2. The van der Waals surface area contributed by atoms with Crippen LogP contribution in [0.1, 0.15) is 36.8 Å². The van der Waals surface area contributed by atoms with Crippen molar-refractivity contribution in [2.45, 2.75) is 32.2 Å². The quantitative estimate of drug-likeness (QED) is 0.864. The molecule has 21 heavy (non-hydrogen) atoms. The summed E-state index contributed by atoms with van der Waals surface area (Å²) in [7, 11) is 0. The van der Waals surface area contributed by atoms with Gasteiger partial charge in [0.25, 0.3) is 0 Å². The molecule has 1 fully saturated rings. The molecule has 0 saturated heterocycles.